The minimum absolute atomic E-state index is 0.171. The highest BCUT2D eigenvalue weighted by atomic mass is 32.2. The molecule has 0 aromatic rings. The molecule has 4 nitrogen and oxygen atoms in total. The summed E-state index contributed by atoms with van der Waals surface area (Å²) in [5.74, 6) is 3.13. The fraction of sp³-hybridized carbons (Fsp3) is 0.938. The molecule has 1 N–H and O–H groups in total. The number of urea groups is 1. The number of piperidine rings is 1. The van der Waals surface area contributed by atoms with Crippen LogP contribution in [-0.4, -0.2) is 66.1 Å². The predicted molar refractivity (Wildman–Crippen MR) is 88.8 cm³/mol. The fourth-order valence-electron chi connectivity index (χ4n) is 3.85. The number of rotatable bonds is 3. The molecule has 0 bridgehead atoms. The molecule has 2 saturated heterocycles. The van der Waals surface area contributed by atoms with Gasteiger partial charge in [-0.3, -0.25) is 0 Å². The minimum Gasteiger partial charge on any atom is -0.335 e. The Morgan fingerprint density at radius 2 is 1.67 bits per heavy atom. The van der Waals surface area contributed by atoms with Crippen LogP contribution in [0.4, 0.5) is 4.79 Å². The molecule has 5 heteroatoms. The lowest BCUT2D eigenvalue weighted by Crippen LogP contribution is -2.51. The normalized spacial score (nSPS) is 26.2. The van der Waals surface area contributed by atoms with Gasteiger partial charge in [-0.25, -0.2) is 4.79 Å². The second-order valence-corrected chi connectivity index (χ2v) is 8.00. The molecule has 2 aliphatic heterocycles. The number of nitrogens with one attached hydrogen (secondary N) is 1. The lowest BCUT2D eigenvalue weighted by molar-refractivity contribution is 0.162. The summed E-state index contributed by atoms with van der Waals surface area (Å²) in [4.78, 5) is 16.8. The molecule has 21 heavy (non-hydrogen) atoms. The molecule has 1 saturated carbocycles. The van der Waals surface area contributed by atoms with Gasteiger partial charge in [0.15, 0.2) is 0 Å². The second kappa shape index (κ2) is 7.73. The van der Waals surface area contributed by atoms with E-state index >= 15 is 0 Å². The molecule has 0 unspecified atom stereocenters. The van der Waals surface area contributed by atoms with Crippen LogP contribution in [0, 0.1) is 5.92 Å². The van der Waals surface area contributed by atoms with Gasteiger partial charge < -0.3 is 15.1 Å². The van der Waals surface area contributed by atoms with Crippen molar-refractivity contribution in [3.63, 3.8) is 0 Å². The van der Waals surface area contributed by atoms with Crippen molar-refractivity contribution in [3.8, 4) is 0 Å². The van der Waals surface area contributed by atoms with Crippen molar-refractivity contribution in [3.05, 3.63) is 0 Å². The van der Waals surface area contributed by atoms with Gasteiger partial charge in [-0.2, -0.15) is 11.8 Å². The molecule has 0 aromatic carbocycles. The van der Waals surface area contributed by atoms with Crippen molar-refractivity contribution in [2.45, 2.75) is 44.6 Å². The summed E-state index contributed by atoms with van der Waals surface area (Å²) < 4.78 is 0. The quantitative estimate of drug-likeness (QED) is 0.869. The molecule has 0 atom stereocenters. The maximum Gasteiger partial charge on any atom is 0.317 e. The third kappa shape index (κ3) is 4.52. The van der Waals surface area contributed by atoms with Crippen molar-refractivity contribution >= 4 is 17.8 Å². The van der Waals surface area contributed by atoms with E-state index in [4.69, 9.17) is 0 Å². The monoisotopic (exact) mass is 311 g/mol. The highest BCUT2D eigenvalue weighted by Crippen LogP contribution is 2.26. The van der Waals surface area contributed by atoms with E-state index in [1.807, 2.05) is 16.7 Å². The number of likely N-dealkylation sites (tertiary alicyclic amines) is 1. The molecular weight excluding hydrogens is 282 g/mol. The maximum absolute atomic E-state index is 12.2. The Hall–Kier alpha value is -0.420. The van der Waals surface area contributed by atoms with Gasteiger partial charge in [0.05, 0.1) is 0 Å². The van der Waals surface area contributed by atoms with Crippen LogP contribution in [0.2, 0.25) is 0 Å². The standard InChI is InChI=1S/C16H29N3OS/c20-16(19-9-11-21-12-10-19)17-15-5-7-18(8-6-15)13-14-3-1-2-4-14/h14-15H,1-13H2,(H,17,20). The van der Waals surface area contributed by atoms with E-state index < -0.39 is 0 Å². The maximum atomic E-state index is 12.2. The van der Waals surface area contributed by atoms with Gasteiger partial charge in [0, 0.05) is 50.3 Å². The van der Waals surface area contributed by atoms with E-state index in [0.717, 1.165) is 56.4 Å². The molecule has 0 aromatic heterocycles. The third-order valence-corrected chi connectivity index (χ3v) is 6.15. The summed E-state index contributed by atoms with van der Waals surface area (Å²) >= 11 is 1.95. The zero-order chi connectivity index (χ0) is 14.5. The van der Waals surface area contributed by atoms with Crippen molar-refractivity contribution in [1.82, 2.24) is 15.1 Å². The van der Waals surface area contributed by atoms with Gasteiger partial charge in [-0.15, -0.1) is 0 Å². The van der Waals surface area contributed by atoms with Gasteiger partial charge in [0.2, 0.25) is 0 Å². The Morgan fingerprint density at radius 1 is 1.00 bits per heavy atom. The molecule has 2 heterocycles. The summed E-state index contributed by atoms with van der Waals surface area (Å²) in [6.45, 7) is 5.45. The van der Waals surface area contributed by atoms with Crippen LogP contribution in [0.1, 0.15) is 38.5 Å². The van der Waals surface area contributed by atoms with Gasteiger partial charge in [-0.1, -0.05) is 12.8 Å². The average molecular weight is 311 g/mol. The number of hydrogen-bond acceptors (Lipinski definition) is 3. The highest BCUT2D eigenvalue weighted by molar-refractivity contribution is 7.99. The second-order valence-electron chi connectivity index (χ2n) is 6.77. The van der Waals surface area contributed by atoms with Gasteiger partial charge in [-0.05, 0) is 31.6 Å². The summed E-state index contributed by atoms with van der Waals surface area (Å²) in [6.07, 6.45) is 7.99. The van der Waals surface area contributed by atoms with Crippen LogP contribution in [0.3, 0.4) is 0 Å². The Labute approximate surface area is 133 Å². The largest absolute Gasteiger partial charge is 0.335 e. The van der Waals surface area contributed by atoms with Crippen LogP contribution in [0.15, 0.2) is 0 Å². The first kappa shape index (κ1) is 15.5. The van der Waals surface area contributed by atoms with Crippen LogP contribution >= 0.6 is 11.8 Å². The van der Waals surface area contributed by atoms with E-state index in [1.165, 1.54) is 32.2 Å². The smallest absolute Gasteiger partial charge is 0.317 e. The first-order valence-corrected chi connectivity index (χ1v) is 9.82. The van der Waals surface area contributed by atoms with E-state index in [9.17, 15) is 4.79 Å². The number of amides is 2. The molecule has 2 amide bonds. The van der Waals surface area contributed by atoms with Crippen molar-refractivity contribution < 1.29 is 4.79 Å². The first-order valence-electron chi connectivity index (χ1n) is 8.67. The molecule has 120 valence electrons. The Kier molecular flexibility index (Phi) is 5.69. The molecule has 0 radical (unpaired) electrons. The van der Waals surface area contributed by atoms with Gasteiger partial charge in [0.1, 0.15) is 0 Å². The summed E-state index contributed by atoms with van der Waals surface area (Å²) in [5, 5.41) is 3.25. The summed E-state index contributed by atoms with van der Waals surface area (Å²) in [6, 6.07) is 0.566. The summed E-state index contributed by atoms with van der Waals surface area (Å²) in [5.41, 5.74) is 0. The predicted octanol–water partition coefficient (Wildman–Crippen LogP) is 2.40. The Bertz CT molecular complexity index is 332. The number of thioether (sulfide) groups is 1. The van der Waals surface area contributed by atoms with Crippen LogP contribution in [0.25, 0.3) is 0 Å². The zero-order valence-electron chi connectivity index (χ0n) is 13.1. The van der Waals surface area contributed by atoms with Crippen LogP contribution < -0.4 is 5.32 Å². The molecule has 0 spiro atoms. The zero-order valence-corrected chi connectivity index (χ0v) is 13.9. The Morgan fingerprint density at radius 3 is 2.33 bits per heavy atom. The van der Waals surface area contributed by atoms with E-state index in [0.29, 0.717) is 6.04 Å². The Balaban J connectivity index is 1.35. The van der Waals surface area contributed by atoms with Crippen molar-refractivity contribution in [2.75, 3.05) is 44.2 Å². The average Bonchev–Trinajstić information content (AvgIpc) is 3.03. The molecule has 3 aliphatic rings. The van der Waals surface area contributed by atoms with Gasteiger partial charge in [0.25, 0.3) is 0 Å². The molecular formula is C16H29N3OS. The minimum atomic E-state index is 0.171. The number of nitrogens with zero attached hydrogens (tertiary/aromatic N) is 2. The van der Waals surface area contributed by atoms with E-state index in [2.05, 4.69) is 10.2 Å². The molecule has 1 aliphatic carbocycles. The van der Waals surface area contributed by atoms with Crippen LogP contribution in [0.5, 0.6) is 0 Å². The van der Waals surface area contributed by atoms with Crippen molar-refractivity contribution in [2.24, 2.45) is 5.92 Å². The number of hydrogen-bond donors (Lipinski definition) is 1. The summed E-state index contributed by atoms with van der Waals surface area (Å²) in [7, 11) is 0. The third-order valence-electron chi connectivity index (χ3n) is 5.20. The highest BCUT2D eigenvalue weighted by Gasteiger charge is 2.25. The van der Waals surface area contributed by atoms with Crippen molar-refractivity contribution in [1.29, 1.82) is 0 Å². The lowest BCUT2D eigenvalue weighted by Gasteiger charge is -2.35. The van der Waals surface area contributed by atoms with E-state index in [-0.39, 0.29) is 6.03 Å². The number of carbonyl (C=O) groups is 1. The fourth-order valence-corrected chi connectivity index (χ4v) is 4.75. The molecule has 3 rings (SSSR count). The first-order chi connectivity index (χ1) is 10.3. The molecule has 3 fully saturated rings. The van der Waals surface area contributed by atoms with E-state index in [1.54, 1.807) is 0 Å². The number of carbonyl (C=O) groups excluding carboxylic acids is 1. The van der Waals surface area contributed by atoms with Crippen LogP contribution in [-0.2, 0) is 0 Å². The van der Waals surface area contributed by atoms with Gasteiger partial charge >= 0.3 is 6.03 Å². The SMILES string of the molecule is O=C(NC1CCN(CC2CCCC2)CC1)N1CCSCC1. The topological polar surface area (TPSA) is 35.6 Å². The lowest BCUT2D eigenvalue weighted by atomic mass is 10.0.